The van der Waals surface area contributed by atoms with Crippen molar-refractivity contribution in [3.8, 4) is 0 Å². The van der Waals surface area contributed by atoms with Gasteiger partial charge in [0.2, 0.25) is 5.91 Å². The molecule has 0 saturated heterocycles. The van der Waals surface area contributed by atoms with Crippen LogP contribution in [0.2, 0.25) is 0 Å². The molecule has 3 rings (SSSR count). The molecule has 0 bridgehead atoms. The van der Waals surface area contributed by atoms with Gasteiger partial charge < -0.3 is 4.74 Å². The SMILES string of the molecule is CCc1ccc(N(C(C)=O)c2nc(COC(=O)c3ccccc3C)cs2)cc1. The molecule has 0 aliphatic rings. The molecule has 3 aromatic rings. The number of hydrogen-bond acceptors (Lipinski definition) is 5. The van der Waals surface area contributed by atoms with Crippen molar-refractivity contribution in [2.75, 3.05) is 4.90 Å². The van der Waals surface area contributed by atoms with E-state index in [1.54, 1.807) is 22.4 Å². The molecular weight excluding hydrogens is 372 g/mol. The highest BCUT2D eigenvalue weighted by molar-refractivity contribution is 7.14. The van der Waals surface area contributed by atoms with Gasteiger partial charge in [0.1, 0.15) is 6.61 Å². The van der Waals surface area contributed by atoms with Crippen molar-refractivity contribution in [2.24, 2.45) is 0 Å². The van der Waals surface area contributed by atoms with Gasteiger partial charge in [-0.25, -0.2) is 9.78 Å². The maximum atomic E-state index is 12.3. The van der Waals surface area contributed by atoms with Crippen LogP contribution in [-0.2, 0) is 22.6 Å². The molecule has 0 unspecified atom stereocenters. The first-order valence-corrected chi connectivity index (χ1v) is 9.94. The van der Waals surface area contributed by atoms with E-state index in [1.165, 1.54) is 23.8 Å². The minimum atomic E-state index is -0.383. The van der Waals surface area contributed by atoms with Gasteiger partial charge in [-0.05, 0) is 42.7 Å². The number of aryl methyl sites for hydroxylation is 2. The second-order valence-corrected chi connectivity index (χ2v) is 7.22. The van der Waals surface area contributed by atoms with Crippen LogP contribution in [0.1, 0.15) is 41.0 Å². The fourth-order valence-corrected chi connectivity index (χ4v) is 3.66. The third kappa shape index (κ3) is 4.46. The predicted octanol–water partition coefficient (Wildman–Crippen LogP) is 5.06. The van der Waals surface area contributed by atoms with Crippen LogP contribution in [0.4, 0.5) is 10.8 Å². The van der Waals surface area contributed by atoms with Gasteiger partial charge in [0.15, 0.2) is 5.13 Å². The molecule has 1 amide bonds. The van der Waals surface area contributed by atoms with Crippen LogP contribution in [0.3, 0.4) is 0 Å². The van der Waals surface area contributed by atoms with E-state index in [1.807, 2.05) is 43.3 Å². The van der Waals surface area contributed by atoms with E-state index in [4.69, 9.17) is 4.74 Å². The number of hydrogen-bond donors (Lipinski definition) is 0. The number of aromatic nitrogens is 1. The first kappa shape index (κ1) is 19.8. The zero-order chi connectivity index (χ0) is 20.1. The number of thiazole rings is 1. The van der Waals surface area contributed by atoms with Crippen LogP contribution in [-0.4, -0.2) is 16.9 Å². The van der Waals surface area contributed by atoms with E-state index in [0.29, 0.717) is 16.4 Å². The molecule has 144 valence electrons. The van der Waals surface area contributed by atoms with Crippen molar-refractivity contribution < 1.29 is 14.3 Å². The lowest BCUT2D eigenvalue weighted by Crippen LogP contribution is -2.22. The van der Waals surface area contributed by atoms with Crippen LogP contribution in [0.25, 0.3) is 0 Å². The second-order valence-electron chi connectivity index (χ2n) is 6.39. The largest absolute Gasteiger partial charge is 0.456 e. The van der Waals surface area contributed by atoms with E-state index in [-0.39, 0.29) is 18.5 Å². The number of benzene rings is 2. The standard InChI is InChI=1S/C22H22N2O3S/c1-4-17-9-11-19(12-10-17)24(16(3)25)22-23-18(14-28-22)13-27-21(26)20-8-6-5-7-15(20)2/h5-12,14H,4,13H2,1-3H3. The Bertz CT molecular complexity index is 979. The van der Waals surface area contributed by atoms with E-state index >= 15 is 0 Å². The van der Waals surface area contributed by atoms with Gasteiger partial charge in [-0.2, -0.15) is 0 Å². The molecule has 0 N–H and O–H groups in total. The maximum Gasteiger partial charge on any atom is 0.338 e. The van der Waals surface area contributed by atoms with Crippen molar-refractivity contribution in [3.63, 3.8) is 0 Å². The molecule has 6 heteroatoms. The van der Waals surface area contributed by atoms with Crippen molar-refractivity contribution in [3.05, 3.63) is 76.3 Å². The Balaban J connectivity index is 1.73. The lowest BCUT2D eigenvalue weighted by molar-refractivity contribution is -0.115. The Hall–Kier alpha value is -2.99. The molecule has 0 aliphatic carbocycles. The van der Waals surface area contributed by atoms with Gasteiger partial charge in [0.05, 0.1) is 16.9 Å². The molecule has 0 fully saturated rings. The lowest BCUT2D eigenvalue weighted by Gasteiger charge is -2.18. The average Bonchev–Trinajstić information content (AvgIpc) is 3.15. The lowest BCUT2D eigenvalue weighted by atomic mass is 10.1. The van der Waals surface area contributed by atoms with Crippen LogP contribution >= 0.6 is 11.3 Å². The van der Waals surface area contributed by atoms with E-state index in [9.17, 15) is 9.59 Å². The quantitative estimate of drug-likeness (QED) is 0.549. The summed E-state index contributed by atoms with van der Waals surface area (Å²) in [5.41, 5.74) is 3.99. The maximum absolute atomic E-state index is 12.3. The summed E-state index contributed by atoms with van der Waals surface area (Å²) in [5, 5.41) is 2.36. The molecule has 28 heavy (non-hydrogen) atoms. The highest BCUT2D eigenvalue weighted by Crippen LogP contribution is 2.29. The molecular formula is C22H22N2O3S. The van der Waals surface area contributed by atoms with Crippen LogP contribution in [0.5, 0.6) is 0 Å². The number of carbonyl (C=O) groups excluding carboxylic acids is 2. The minimum absolute atomic E-state index is 0.0597. The summed E-state index contributed by atoms with van der Waals surface area (Å²) >= 11 is 1.34. The van der Waals surface area contributed by atoms with Gasteiger partial charge >= 0.3 is 5.97 Å². The van der Waals surface area contributed by atoms with Crippen LogP contribution in [0, 0.1) is 6.92 Å². The molecule has 0 atom stereocenters. The normalized spacial score (nSPS) is 10.5. The Morgan fingerprint density at radius 2 is 1.82 bits per heavy atom. The van der Waals surface area contributed by atoms with Crippen molar-refractivity contribution in [2.45, 2.75) is 33.8 Å². The summed E-state index contributed by atoms with van der Waals surface area (Å²) in [6.07, 6.45) is 0.938. The zero-order valence-corrected chi connectivity index (χ0v) is 17.0. The Morgan fingerprint density at radius 1 is 1.11 bits per heavy atom. The summed E-state index contributed by atoms with van der Waals surface area (Å²) in [4.78, 5) is 30.5. The molecule has 0 aliphatic heterocycles. The van der Waals surface area contributed by atoms with Crippen molar-refractivity contribution in [1.29, 1.82) is 0 Å². The van der Waals surface area contributed by atoms with Crippen LogP contribution < -0.4 is 4.90 Å². The van der Waals surface area contributed by atoms with E-state index < -0.39 is 0 Å². The van der Waals surface area contributed by atoms with E-state index in [2.05, 4.69) is 11.9 Å². The highest BCUT2D eigenvalue weighted by Gasteiger charge is 2.18. The number of ether oxygens (including phenoxy) is 1. The number of carbonyl (C=O) groups is 2. The third-order valence-corrected chi connectivity index (χ3v) is 5.24. The second kappa shape index (κ2) is 8.80. The fourth-order valence-electron chi connectivity index (χ4n) is 2.79. The summed E-state index contributed by atoms with van der Waals surface area (Å²) in [6, 6.07) is 15.1. The highest BCUT2D eigenvalue weighted by atomic mass is 32.1. The smallest absolute Gasteiger partial charge is 0.338 e. The van der Waals surface area contributed by atoms with Gasteiger partial charge in [-0.15, -0.1) is 11.3 Å². The zero-order valence-electron chi connectivity index (χ0n) is 16.1. The molecule has 1 heterocycles. The Kier molecular flexibility index (Phi) is 6.21. The van der Waals surface area contributed by atoms with E-state index in [0.717, 1.165) is 17.7 Å². The van der Waals surface area contributed by atoms with Gasteiger partial charge in [-0.3, -0.25) is 9.69 Å². The van der Waals surface area contributed by atoms with Gasteiger partial charge in [0, 0.05) is 12.3 Å². The summed E-state index contributed by atoms with van der Waals surface area (Å²) < 4.78 is 5.39. The third-order valence-electron chi connectivity index (χ3n) is 4.36. The molecule has 5 nitrogen and oxygen atoms in total. The average molecular weight is 394 g/mol. The van der Waals surface area contributed by atoms with Crippen molar-refractivity contribution >= 4 is 34.0 Å². The molecule has 0 spiro atoms. The van der Waals surface area contributed by atoms with Crippen LogP contribution in [0.15, 0.2) is 53.9 Å². The number of amides is 1. The monoisotopic (exact) mass is 394 g/mol. The first-order chi connectivity index (χ1) is 13.5. The molecule has 0 saturated carbocycles. The first-order valence-electron chi connectivity index (χ1n) is 9.06. The predicted molar refractivity (Wildman–Crippen MR) is 111 cm³/mol. The summed E-state index contributed by atoms with van der Waals surface area (Å²) in [5.74, 6) is -0.506. The topological polar surface area (TPSA) is 59.5 Å². The molecule has 2 aromatic carbocycles. The number of nitrogens with zero attached hydrogens (tertiary/aromatic N) is 2. The van der Waals surface area contributed by atoms with Crippen molar-refractivity contribution in [1.82, 2.24) is 4.98 Å². The molecule has 0 radical (unpaired) electrons. The van der Waals surface area contributed by atoms with Gasteiger partial charge in [0.25, 0.3) is 0 Å². The number of esters is 1. The Morgan fingerprint density at radius 3 is 2.46 bits per heavy atom. The molecule has 1 aromatic heterocycles. The summed E-state index contributed by atoms with van der Waals surface area (Å²) in [6.45, 7) is 5.52. The number of rotatable bonds is 6. The van der Waals surface area contributed by atoms with Gasteiger partial charge in [-0.1, -0.05) is 37.3 Å². The Labute approximate surface area is 168 Å². The fraction of sp³-hybridized carbons (Fsp3) is 0.227. The summed E-state index contributed by atoms with van der Waals surface area (Å²) in [7, 11) is 0. The number of anilines is 2. The minimum Gasteiger partial charge on any atom is -0.456 e.